The number of hydrogen-bond acceptors (Lipinski definition) is 5. The fourth-order valence-corrected chi connectivity index (χ4v) is 4.31. The minimum Gasteiger partial charge on any atom is -0.342 e. The standard InChI is InChI=1S/C18H17N3OS2/c1-11-6-7-19-13(9-11)16(12-4-5-12)21-17(22)14-10-24-18(20-14)15-3-2-8-23-15/h2-3,6-10,12,16H,4-5H2,1H3,(H,21,22)/t16-/m0/s1. The van der Waals surface area contributed by atoms with E-state index in [9.17, 15) is 4.79 Å². The second-order valence-electron chi connectivity index (χ2n) is 6.06. The van der Waals surface area contributed by atoms with E-state index in [2.05, 4.69) is 21.4 Å². The maximum absolute atomic E-state index is 12.6. The highest BCUT2D eigenvalue weighted by Crippen LogP contribution is 2.40. The molecule has 0 saturated heterocycles. The Balaban J connectivity index is 1.53. The lowest BCUT2D eigenvalue weighted by atomic mass is 10.1. The van der Waals surface area contributed by atoms with Gasteiger partial charge in [0.1, 0.15) is 10.7 Å². The molecule has 122 valence electrons. The number of rotatable bonds is 5. The van der Waals surface area contributed by atoms with Crippen molar-refractivity contribution < 1.29 is 4.79 Å². The molecular weight excluding hydrogens is 338 g/mol. The molecule has 3 aromatic heterocycles. The topological polar surface area (TPSA) is 54.9 Å². The molecule has 0 spiro atoms. The first-order chi connectivity index (χ1) is 11.7. The lowest BCUT2D eigenvalue weighted by Crippen LogP contribution is -2.30. The number of nitrogens with one attached hydrogen (secondary N) is 1. The molecule has 0 radical (unpaired) electrons. The molecule has 1 fully saturated rings. The van der Waals surface area contributed by atoms with Gasteiger partial charge in [-0.15, -0.1) is 22.7 Å². The fraction of sp³-hybridized carbons (Fsp3) is 0.278. The van der Waals surface area contributed by atoms with Crippen LogP contribution in [0.25, 0.3) is 9.88 Å². The summed E-state index contributed by atoms with van der Waals surface area (Å²) in [5.41, 5.74) is 2.59. The van der Waals surface area contributed by atoms with Crippen LogP contribution in [0.2, 0.25) is 0 Å². The van der Waals surface area contributed by atoms with Gasteiger partial charge in [-0.3, -0.25) is 9.78 Å². The molecule has 1 amide bonds. The van der Waals surface area contributed by atoms with Crippen molar-refractivity contribution in [2.24, 2.45) is 5.92 Å². The predicted molar refractivity (Wildman–Crippen MR) is 97.3 cm³/mol. The average molecular weight is 355 g/mol. The number of aryl methyl sites for hydroxylation is 1. The second kappa shape index (κ2) is 6.45. The van der Waals surface area contributed by atoms with E-state index < -0.39 is 0 Å². The molecule has 24 heavy (non-hydrogen) atoms. The molecular formula is C18H17N3OS2. The van der Waals surface area contributed by atoms with Crippen LogP contribution in [-0.2, 0) is 0 Å². The summed E-state index contributed by atoms with van der Waals surface area (Å²) in [4.78, 5) is 22.7. The minimum atomic E-state index is -0.116. The fourth-order valence-electron chi connectivity index (χ4n) is 2.70. The number of nitrogens with zero attached hydrogens (tertiary/aromatic N) is 2. The van der Waals surface area contributed by atoms with Crippen molar-refractivity contribution in [3.05, 3.63) is 58.2 Å². The Hall–Kier alpha value is -2.05. The predicted octanol–water partition coefficient (Wildman–Crippen LogP) is 4.46. The molecule has 1 atom stereocenters. The summed E-state index contributed by atoms with van der Waals surface area (Å²) < 4.78 is 0. The summed E-state index contributed by atoms with van der Waals surface area (Å²) in [5.74, 6) is 0.368. The van der Waals surface area contributed by atoms with Crippen LogP contribution in [-0.4, -0.2) is 15.9 Å². The molecule has 1 N–H and O–H groups in total. The third-order valence-corrected chi connectivity index (χ3v) is 5.99. The Bertz CT molecular complexity index is 853. The minimum absolute atomic E-state index is 0.0238. The molecule has 3 aromatic rings. The molecule has 0 aromatic carbocycles. The molecule has 1 aliphatic carbocycles. The SMILES string of the molecule is Cc1ccnc([C@@H](NC(=O)c2csc(-c3cccs3)n2)C2CC2)c1. The number of pyridine rings is 1. The summed E-state index contributed by atoms with van der Waals surface area (Å²) in [6.07, 6.45) is 4.08. The summed E-state index contributed by atoms with van der Waals surface area (Å²) in [7, 11) is 0. The van der Waals surface area contributed by atoms with Gasteiger partial charge in [0.2, 0.25) is 0 Å². The van der Waals surface area contributed by atoms with Crippen LogP contribution in [0.4, 0.5) is 0 Å². The van der Waals surface area contributed by atoms with Crippen molar-refractivity contribution in [3.8, 4) is 9.88 Å². The molecule has 1 saturated carbocycles. The van der Waals surface area contributed by atoms with Crippen molar-refractivity contribution >= 4 is 28.6 Å². The van der Waals surface area contributed by atoms with E-state index in [4.69, 9.17) is 0 Å². The van der Waals surface area contributed by atoms with E-state index in [1.54, 1.807) is 11.3 Å². The molecule has 4 nitrogen and oxygen atoms in total. The smallest absolute Gasteiger partial charge is 0.271 e. The van der Waals surface area contributed by atoms with Crippen molar-refractivity contribution in [2.45, 2.75) is 25.8 Å². The molecule has 1 aliphatic rings. The highest BCUT2D eigenvalue weighted by molar-refractivity contribution is 7.20. The number of aromatic nitrogens is 2. The third kappa shape index (κ3) is 3.25. The van der Waals surface area contributed by atoms with E-state index in [1.165, 1.54) is 11.3 Å². The van der Waals surface area contributed by atoms with E-state index in [0.717, 1.165) is 34.0 Å². The lowest BCUT2D eigenvalue weighted by molar-refractivity contribution is 0.0926. The van der Waals surface area contributed by atoms with Gasteiger partial charge in [0.15, 0.2) is 0 Å². The van der Waals surface area contributed by atoms with Crippen LogP contribution in [0, 0.1) is 12.8 Å². The van der Waals surface area contributed by atoms with Gasteiger partial charge in [0.25, 0.3) is 5.91 Å². The first kappa shape index (κ1) is 15.5. The van der Waals surface area contributed by atoms with Crippen LogP contribution in [0.5, 0.6) is 0 Å². The highest BCUT2D eigenvalue weighted by atomic mass is 32.1. The molecule has 6 heteroatoms. The monoisotopic (exact) mass is 355 g/mol. The quantitative estimate of drug-likeness (QED) is 0.735. The van der Waals surface area contributed by atoms with Gasteiger partial charge in [0, 0.05) is 11.6 Å². The summed E-state index contributed by atoms with van der Waals surface area (Å²) in [6, 6.07) is 8.02. The Morgan fingerprint density at radius 3 is 2.92 bits per heavy atom. The van der Waals surface area contributed by atoms with Gasteiger partial charge in [-0.05, 0) is 54.8 Å². The van der Waals surface area contributed by atoms with Crippen molar-refractivity contribution in [2.75, 3.05) is 0 Å². The van der Waals surface area contributed by atoms with E-state index in [1.807, 2.05) is 42.1 Å². The summed E-state index contributed by atoms with van der Waals surface area (Å²) in [6.45, 7) is 2.05. The lowest BCUT2D eigenvalue weighted by Gasteiger charge is -2.17. The zero-order valence-electron chi connectivity index (χ0n) is 13.2. The zero-order valence-corrected chi connectivity index (χ0v) is 14.9. The van der Waals surface area contributed by atoms with Gasteiger partial charge >= 0.3 is 0 Å². The number of hydrogen-bond donors (Lipinski definition) is 1. The molecule has 0 bridgehead atoms. The molecule has 4 rings (SSSR count). The van der Waals surface area contributed by atoms with Crippen LogP contribution >= 0.6 is 22.7 Å². The van der Waals surface area contributed by atoms with Crippen LogP contribution in [0.3, 0.4) is 0 Å². The average Bonchev–Trinajstić information content (AvgIpc) is 3.08. The Labute approximate surface area is 148 Å². The van der Waals surface area contributed by atoms with Crippen molar-refractivity contribution in [1.29, 1.82) is 0 Å². The first-order valence-electron chi connectivity index (χ1n) is 7.93. The van der Waals surface area contributed by atoms with Gasteiger partial charge in [0.05, 0.1) is 16.6 Å². The number of thiophene rings is 1. The number of thiazole rings is 1. The summed E-state index contributed by atoms with van der Waals surface area (Å²) in [5, 5.41) is 7.89. The normalized spacial score (nSPS) is 15.2. The van der Waals surface area contributed by atoms with E-state index in [0.29, 0.717) is 11.6 Å². The van der Waals surface area contributed by atoms with E-state index >= 15 is 0 Å². The van der Waals surface area contributed by atoms with Crippen LogP contribution in [0.15, 0.2) is 41.2 Å². The highest BCUT2D eigenvalue weighted by Gasteiger charge is 2.34. The maximum atomic E-state index is 12.6. The first-order valence-corrected chi connectivity index (χ1v) is 9.69. The largest absolute Gasteiger partial charge is 0.342 e. The third-order valence-electron chi connectivity index (χ3n) is 4.10. The number of amides is 1. The number of carbonyl (C=O) groups excluding carboxylic acids is 1. The summed E-state index contributed by atoms with van der Waals surface area (Å²) >= 11 is 3.14. The Morgan fingerprint density at radius 2 is 2.21 bits per heavy atom. The Morgan fingerprint density at radius 1 is 1.33 bits per heavy atom. The Kier molecular flexibility index (Phi) is 4.16. The van der Waals surface area contributed by atoms with Crippen LogP contribution in [0.1, 0.15) is 40.6 Å². The maximum Gasteiger partial charge on any atom is 0.271 e. The van der Waals surface area contributed by atoms with Gasteiger partial charge in [-0.25, -0.2) is 4.98 Å². The van der Waals surface area contributed by atoms with Crippen molar-refractivity contribution in [3.63, 3.8) is 0 Å². The molecule has 0 aliphatic heterocycles. The van der Waals surface area contributed by atoms with Crippen LogP contribution < -0.4 is 5.32 Å². The van der Waals surface area contributed by atoms with Gasteiger partial charge < -0.3 is 5.32 Å². The van der Waals surface area contributed by atoms with Gasteiger partial charge in [-0.1, -0.05) is 6.07 Å². The van der Waals surface area contributed by atoms with Crippen molar-refractivity contribution in [1.82, 2.24) is 15.3 Å². The molecule has 3 heterocycles. The second-order valence-corrected chi connectivity index (χ2v) is 7.87. The zero-order chi connectivity index (χ0) is 16.5. The van der Waals surface area contributed by atoms with Gasteiger partial charge in [-0.2, -0.15) is 0 Å². The molecule has 0 unspecified atom stereocenters. The van der Waals surface area contributed by atoms with E-state index in [-0.39, 0.29) is 11.9 Å². The number of carbonyl (C=O) groups is 1.